The smallest absolute Gasteiger partial charge is 0.201 e. The van der Waals surface area contributed by atoms with Gasteiger partial charge in [-0.25, -0.2) is 4.98 Å². The molecule has 1 fully saturated rings. The highest BCUT2D eigenvalue weighted by molar-refractivity contribution is 6.35. The standard InChI is InChI=1S/C15H21ClN4/c1-2-19-8-6-11(7-9-19)10-20-14-12(16)4-3-5-13(14)18-15(20)17/h3-5,11H,2,6-10H2,1H3,(H2,17,18). The summed E-state index contributed by atoms with van der Waals surface area (Å²) in [5.41, 5.74) is 7.94. The highest BCUT2D eigenvalue weighted by Gasteiger charge is 2.21. The van der Waals surface area contributed by atoms with Crippen molar-refractivity contribution >= 4 is 28.6 Å². The van der Waals surface area contributed by atoms with Gasteiger partial charge in [-0.1, -0.05) is 24.6 Å². The molecule has 0 spiro atoms. The van der Waals surface area contributed by atoms with Crippen LogP contribution in [0.4, 0.5) is 5.95 Å². The number of halogens is 1. The fraction of sp³-hybridized carbons (Fsp3) is 0.533. The molecule has 1 saturated heterocycles. The first-order chi connectivity index (χ1) is 9.69. The van der Waals surface area contributed by atoms with Crippen molar-refractivity contribution in [3.8, 4) is 0 Å². The Labute approximate surface area is 124 Å². The lowest BCUT2D eigenvalue weighted by Crippen LogP contribution is -2.34. The number of likely N-dealkylation sites (tertiary alicyclic amines) is 1. The molecule has 2 aromatic rings. The lowest BCUT2D eigenvalue weighted by Gasteiger charge is -2.31. The van der Waals surface area contributed by atoms with Crippen LogP contribution in [0.2, 0.25) is 5.02 Å². The third-order valence-electron chi connectivity index (χ3n) is 4.34. The summed E-state index contributed by atoms with van der Waals surface area (Å²) in [5.74, 6) is 1.24. The van der Waals surface area contributed by atoms with E-state index in [-0.39, 0.29) is 0 Å². The highest BCUT2D eigenvalue weighted by Crippen LogP contribution is 2.28. The molecule has 1 aromatic heterocycles. The van der Waals surface area contributed by atoms with E-state index in [1.807, 2.05) is 18.2 Å². The zero-order chi connectivity index (χ0) is 14.1. The van der Waals surface area contributed by atoms with Crippen LogP contribution < -0.4 is 5.73 Å². The predicted molar refractivity (Wildman–Crippen MR) is 84.0 cm³/mol. The maximum Gasteiger partial charge on any atom is 0.201 e. The van der Waals surface area contributed by atoms with Crippen molar-refractivity contribution in [3.63, 3.8) is 0 Å². The molecule has 1 aliphatic heterocycles. The summed E-state index contributed by atoms with van der Waals surface area (Å²) < 4.78 is 2.09. The average molecular weight is 293 g/mol. The number of anilines is 1. The van der Waals surface area contributed by atoms with Gasteiger partial charge < -0.3 is 15.2 Å². The molecule has 0 bridgehead atoms. The number of hydrogen-bond donors (Lipinski definition) is 1. The van der Waals surface area contributed by atoms with Crippen LogP contribution >= 0.6 is 11.6 Å². The van der Waals surface area contributed by atoms with E-state index in [4.69, 9.17) is 17.3 Å². The molecule has 0 atom stereocenters. The first kappa shape index (κ1) is 13.7. The van der Waals surface area contributed by atoms with Gasteiger partial charge in [-0.3, -0.25) is 0 Å². The Hall–Kier alpha value is -1.26. The lowest BCUT2D eigenvalue weighted by atomic mass is 9.96. The Morgan fingerprint density at radius 2 is 2.10 bits per heavy atom. The maximum atomic E-state index is 6.31. The SMILES string of the molecule is CCN1CCC(Cn2c(N)nc3cccc(Cl)c32)CC1. The van der Waals surface area contributed by atoms with Gasteiger partial charge >= 0.3 is 0 Å². The van der Waals surface area contributed by atoms with Crippen molar-refractivity contribution < 1.29 is 0 Å². The number of imidazole rings is 1. The van der Waals surface area contributed by atoms with Gasteiger partial charge in [0, 0.05) is 6.54 Å². The van der Waals surface area contributed by atoms with Crippen molar-refractivity contribution in [2.24, 2.45) is 5.92 Å². The van der Waals surface area contributed by atoms with E-state index in [0.717, 1.165) is 29.1 Å². The van der Waals surface area contributed by atoms with Crippen LogP contribution in [0.1, 0.15) is 19.8 Å². The zero-order valence-corrected chi connectivity index (χ0v) is 12.6. The van der Waals surface area contributed by atoms with Crippen LogP contribution in [0, 0.1) is 5.92 Å². The number of nitrogens with two attached hydrogens (primary N) is 1. The third kappa shape index (κ3) is 2.50. The first-order valence-corrected chi connectivity index (χ1v) is 7.69. The van der Waals surface area contributed by atoms with Gasteiger partial charge in [0.15, 0.2) is 0 Å². The van der Waals surface area contributed by atoms with Crippen molar-refractivity contribution in [2.45, 2.75) is 26.3 Å². The summed E-state index contributed by atoms with van der Waals surface area (Å²) >= 11 is 6.31. The molecule has 108 valence electrons. The summed E-state index contributed by atoms with van der Waals surface area (Å²) in [6.45, 7) is 6.66. The largest absolute Gasteiger partial charge is 0.369 e. The fourth-order valence-corrected chi connectivity index (χ4v) is 3.36. The molecule has 1 aliphatic rings. The minimum atomic E-state index is 0.575. The Kier molecular flexibility index (Phi) is 3.85. The van der Waals surface area contributed by atoms with Gasteiger partial charge in [0.2, 0.25) is 5.95 Å². The van der Waals surface area contributed by atoms with Crippen LogP contribution in [0.25, 0.3) is 11.0 Å². The molecule has 2 heterocycles. The molecule has 3 rings (SSSR count). The van der Waals surface area contributed by atoms with E-state index in [1.54, 1.807) is 0 Å². The van der Waals surface area contributed by atoms with Crippen LogP contribution in [0.5, 0.6) is 0 Å². The molecule has 0 amide bonds. The second kappa shape index (κ2) is 5.62. The summed E-state index contributed by atoms with van der Waals surface area (Å²) in [4.78, 5) is 6.92. The predicted octanol–water partition coefficient (Wildman–Crippen LogP) is 3.00. The Morgan fingerprint density at radius 3 is 2.80 bits per heavy atom. The van der Waals surface area contributed by atoms with Crippen molar-refractivity contribution in [2.75, 3.05) is 25.4 Å². The van der Waals surface area contributed by atoms with E-state index in [2.05, 4.69) is 21.4 Å². The molecule has 1 aromatic carbocycles. The number of benzene rings is 1. The minimum absolute atomic E-state index is 0.575. The maximum absolute atomic E-state index is 6.31. The topological polar surface area (TPSA) is 47.1 Å². The minimum Gasteiger partial charge on any atom is -0.369 e. The average Bonchev–Trinajstić information content (AvgIpc) is 2.77. The van der Waals surface area contributed by atoms with Crippen molar-refractivity contribution in [1.82, 2.24) is 14.5 Å². The Morgan fingerprint density at radius 1 is 1.35 bits per heavy atom. The molecule has 0 unspecified atom stereocenters. The van der Waals surface area contributed by atoms with Gasteiger partial charge in [0.05, 0.1) is 16.1 Å². The molecule has 20 heavy (non-hydrogen) atoms. The molecule has 0 saturated carbocycles. The Bertz CT molecular complexity index is 599. The van der Waals surface area contributed by atoms with Gasteiger partial charge in [-0.15, -0.1) is 0 Å². The monoisotopic (exact) mass is 292 g/mol. The van der Waals surface area contributed by atoms with Crippen LogP contribution in [-0.2, 0) is 6.54 Å². The summed E-state index contributed by atoms with van der Waals surface area (Å²) in [7, 11) is 0. The molecular formula is C15H21ClN4. The van der Waals surface area contributed by atoms with Crippen LogP contribution in [0.3, 0.4) is 0 Å². The molecule has 5 heteroatoms. The van der Waals surface area contributed by atoms with E-state index < -0.39 is 0 Å². The van der Waals surface area contributed by atoms with E-state index >= 15 is 0 Å². The molecule has 0 radical (unpaired) electrons. The number of hydrogen-bond acceptors (Lipinski definition) is 3. The number of para-hydroxylation sites is 1. The number of nitrogens with zero attached hydrogens (tertiary/aromatic N) is 3. The van der Waals surface area contributed by atoms with Gasteiger partial charge in [0.1, 0.15) is 0 Å². The molecular weight excluding hydrogens is 272 g/mol. The summed E-state index contributed by atoms with van der Waals surface area (Å²) in [6.07, 6.45) is 2.44. The number of fused-ring (bicyclic) bond motifs is 1. The van der Waals surface area contributed by atoms with Gasteiger partial charge in [-0.2, -0.15) is 0 Å². The third-order valence-corrected chi connectivity index (χ3v) is 4.65. The van der Waals surface area contributed by atoms with E-state index in [1.165, 1.54) is 25.9 Å². The van der Waals surface area contributed by atoms with Crippen LogP contribution in [0.15, 0.2) is 18.2 Å². The quantitative estimate of drug-likeness (QED) is 0.946. The Balaban J connectivity index is 1.83. The highest BCUT2D eigenvalue weighted by atomic mass is 35.5. The second-order valence-corrected chi connectivity index (χ2v) is 5.97. The summed E-state index contributed by atoms with van der Waals surface area (Å²) in [5, 5.41) is 0.734. The first-order valence-electron chi connectivity index (χ1n) is 7.31. The number of piperidine rings is 1. The van der Waals surface area contributed by atoms with E-state index in [0.29, 0.717) is 11.9 Å². The number of rotatable bonds is 3. The van der Waals surface area contributed by atoms with Crippen molar-refractivity contribution in [1.29, 1.82) is 0 Å². The van der Waals surface area contributed by atoms with E-state index in [9.17, 15) is 0 Å². The molecule has 2 N–H and O–H groups in total. The normalized spacial score (nSPS) is 17.9. The number of nitrogen functional groups attached to an aromatic ring is 1. The summed E-state index contributed by atoms with van der Waals surface area (Å²) in [6, 6.07) is 5.79. The fourth-order valence-electron chi connectivity index (χ4n) is 3.09. The zero-order valence-electron chi connectivity index (χ0n) is 11.8. The second-order valence-electron chi connectivity index (χ2n) is 5.57. The van der Waals surface area contributed by atoms with Gasteiger partial charge in [-0.05, 0) is 50.5 Å². The van der Waals surface area contributed by atoms with Crippen molar-refractivity contribution in [3.05, 3.63) is 23.2 Å². The molecule has 0 aliphatic carbocycles. The van der Waals surface area contributed by atoms with Gasteiger partial charge in [0.25, 0.3) is 0 Å². The lowest BCUT2D eigenvalue weighted by molar-refractivity contribution is 0.182. The van der Waals surface area contributed by atoms with Crippen LogP contribution in [-0.4, -0.2) is 34.1 Å². The molecule has 4 nitrogen and oxygen atoms in total. The number of aromatic nitrogens is 2.